The lowest BCUT2D eigenvalue weighted by Crippen LogP contribution is -2.01. The van der Waals surface area contributed by atoms with Crippen LogP contribution in [0, 0.1) is 0 Å². The Hall–Kier alpha value is -2.35. The molecular formula is C15H12O2. The first kappa shape index (κ1) is 11.1. The predicted molar refractivity (Wildman–Crippen MR) is 68.7 cm³/mol. The van der Waals surface area contributed by atoms with Crippen molar-refractivity contribution in [2.75, 3.05) is 0 Å². The third kappa shape index (κ3) is 2.42. The summed E-state index contributed by atoms with van der Waals surface area (Å²) in [5.74, 6) is -0.361. The molecule has 0 saturated heterocycles. The zero-order chi connectivity index (χ0) is 12.1. The van der Waals surface area contributed by atoms with Crippen LogP contribution in [-0.4, -0.2) is 5.97 Å². The van der Waals surface area contributed by atoms with Crippen LogP contribution in [-0.2, 0) is 4.74 Å². The monoisotopic (exact) mass is 224 g/mol. The maximum absolute atomic E-state index is 11.8. The minimum absolute atomic E-state index is 0.361. The Kier molecular flexibility index (Phi) is 3.36. The van der Waals surface area contributed by atoms with Crippen LogP contribution >= 0.6 is 0 Å². The molecule has 0 N–H and O–H groups in total. The van der Waals surface area contributed by atoms with E-state index in [4.69, 9.17) is 4.74 Å². The van der Waals surface area contributed by atoms with Gasteiger partial charge in [-0.1, -0.05) is 49.1 Å². The molecular weight excluding hydrogens is 212 g/mol. The van der Waals surface area contributed by atoms with E-state index in [1.165, 1.54) is 6.26 Å². The molecule has 0 fully saturated rings. The summed E-state index contributed by atoms with van der Waals surface area (Å²) in [5, 5.41) is 1.92. The molecule has 2 aromatic carbocycles. The molecule has 0 spiro atoms. The normalized spacial score (nSPS) is 10.6. The molecule has 0 atom stereocenters. The van der Waals surface area contributed by atoms with Gasteiger partial charge in [-0.05, 0) is 22.9 Å². The number of fused-ring (bicyclic) bond motifs is 1. The zero-order valence-electron chi connectivity index (χ0n) is 9.30. The molecule has 0 amide bonds. The fourth-order valence-electron chi connectivity index (χ4n) is 1.62. The Morgan fingerprint density at radius 1 is 1.12 bits per heavy atom. The average Bonchev–Trinajstić information content (AvgIpc) is 2.38. The molecule has 0 aliphatic carbocycles. The molecule has 0 radical (unpaired) electrons. The summed E-state index contributed by atoms with van der Waals surface area (Å²) < 4.78 is 4.99. The Balaban J connectivity index is 2.38. The number of hydrogen-bond acceptors (Lipinski definition) is 2. The summed E-state index contributed by atoms with van der Waals surface area (Å²) in [7, 11) is 0. The Morgan fingerprint density at radius 3 is 2.71 bits per heavy atom. The summed E-state index contributed by atoms with van der Waals surface area (Å²) in [4.78, 5) is 11.8. The lowest BCUT2D eigenvalue weighted by atomic mass is 10.1. The Labute approximate surface area is 99.8 Å². The first-order valence-electron chi connectivity index (χ1n) is 5.29. The Bertz CT molecular complexity index is 577. The van der Waals surface area contributed by atoms with Crippen LogP contribution in [0.2, 0.25) is 0 Å². The highest BCUT2D eigenvalue weighted by Gasteiger charge is 2.09. The van der Waals surface area contributed by atoms with E-state index < -0.39 is 0 Å². The number of carbonyl (C=O) groups excluding carboxylic acids is 1. The van der Waals surface area contributed by atoms with Crippen molar-refractivity contribution in [3.8, 4) is 0 Å². The number of hydrogen-bond donors (Lipinski definition) is 0. The fraction of sp³-hybridized carbons (Fsp3) is 0. The third-order valence-corrected chi connectivity index (χ3v) is 2.40. The van der Waals surface area contributed by atoms with E-state index in [1.807, 2.05) is 36.4 Å². The van der Waals surface area contributed by atoms with Gasteiger partial charge < -0.3 is 4.74 Å². The molecule has 2 heteroatoms. The average molecular weight is 224 g/mol. The van der Waals surface area contributed by atoms with Crippen molar-refractivity contribution in [2.24, 2.45) is 0 Å². The summed E-state index contributed by atoms with van der Waals surface area (Å²) in [6.45, 7) is 3.50. The van der Waals surface area contributed by atoms with Gasteiger partial charge in [-0.2, -0.15) is 0 Å². The van der Waals surface area contributed by atoms with Crippen LogP contribution in [0.3, 0.4) is 0 Å². The van der Waals surface area contributed by atoms with Crippen molar-refractivity contribution in [2.45, 2.75) is 0 Å². The number of benzene rings is 2. The topological polar surface area (TPSA) is 26.3 Å². The molecule has 0 aliphatic rings. The molecule has 0 aliphatic heterocycles. The van der Waals surface area contributed by atoms with Crippen LogP contribution < -0.4 is 0 Å². The number of ether oxygens (including phenoxy) is 1. The van der Waals surface area contributed by atoms with Gasteiger partial charge in [0.05, 0.1) is 11.8 Å². The second-order valence-electron chi connectivity index (χ2n) is 3.50. The van der Waals surface area contributed by atoms with Crippen LogP contribution in [0.25, 0.3) is 10.8 Å². The molecule has 0 saturated carbocycles. The highest BCUT2D eigenvalue weighted by molar-refractivity contribution is 6.04. The fourth-order valence-corrected chi connectivity index (χ4v) is 1.62. The molecule has 0 bridgehead atoms. The maximum atomic E-state index is 11.8. The molecule has 2 rings (SSSR count). The molecule has 0 aromatic heterocycles. The molecule has 0 unspecified atom stereocenters. The van der Waals surface area contributed by atoms with E-state index in [0.717, 1.165) is 10.8 Å². The van der Waals surface area contributed by atoms with Crippen LogP contribution in [0.1, 0.15) is 10.4 Å². The van der Waals surface area contributed by atoms with E-state index in [2.05, 4.69) is 6.58 Å². The number of carbonyl (C=O) groups is 1. The third-order valence-electron chi connectivity index (χ3n) is 2.40. The Morgan fingerprint density at radius 2 is 1.88 bits per heavy atom. The minimum atomic E-state index is -0.361. The lowest BCUT2D eigenvalue weighted by molar-refractivity contribution is 0.0665. The molecule has 2 nitrogen and oxygen atoms in total. The molecule has 17 heavy (non-hydrogen) atoms. The second kappa shape index (κ2) is 5.12. The minimum Gasteiger partial charge on any atom is -0.431 e. The van der Waals surface area contributed by atoms with Crippen LogP contribution in [0.5, 0.6) is 0 Å². The summed E-state index contributed by atoms with van der Waals surface area (Å²) in [6, 6.07) is 13.3. The van der Waals surface area contributed by atoms with Gasteiger partial charge in [-0.15, -0.1) is 0 Å². The second-order valence-corrected chi connectivity index (χ2v) is 3.50. The summed E-state index contributed by atoms with van der Waals surface area (Å²) in [5.41, 5.74) is 0.566. The quantitative estimate of drug-likeness (QED) is 0.451. The van der Waals surface area contributed by atoms with Gasteiger partial charge in [0.15, 0.2) is 0 Å². The van der Waals surface area contributed by atoms with E-state index >= 15 is 0 Å². The van der Waals surface area contributed by atoms with Crippen LogP contribution in [0.15, 0.2) is 67.5 Å². The van der Waals surface area contributed by atoms with Gasteiger partial charge >= 0.3 is 5.97 Å². The van der Waals surface area contributed by atoms with E-state index in [0.29, 0.717) is 5.56 Å². The first-order valence-corrected chi connectivity index (χ1v) is 5.29. The van der Waals surface area contributed by atoms with Gasteiger partial charge in [0.2, 0.25) is 0 Å². The first-order chi connectivity index (χ1) is 8.33. The highest BCUT2D eigenvalue weighted by atomic mass is 16.5. The SMILES string of the molecule is C=C/C=C/OC(=O)c1cccc2ccccc12. The summed E-state index contributed by atoms with van der Waals surface area (Å²) >= 11 is 0. The standard InChI is InChI=1S/C15H12O2/c1-2-3-11-17-15(16)14-10-6-8-12-7-4-5-9-13(12)14/h2-11H,1H2/b11-3+. The van der Waals surface area contributed by atoms with Gasteiger partial charge in [0.25, 0.3) is 0 Å². The van der Waals surface area contributed by atoms with Crippen molar-refractivity contribution in [3.63, 3.8) is 0 Å². The van der Waals surface area contributed by atoms with Crippen LogP contribution in [0.4, 0.5) is 0 Å². The van der Waals surface area contributed by atoms with Gasteiger partial charge in [0.1, 0.15) is 0 Å². The lowest BCUT2D eigenvalue weighted by Gasteiger charge is -2.03. The van der Waals surface area contributed by atoms with E-state index in [-0.39, 0.29) is 5.97 Å². The van der Waals surface area contributed by atoms with E-state index in [1.54, 1.807) is 18.2 Å². The smallest absolute Gasteiger partial charge is 0.343 e. The van der Waals surface area contributed by atoms with Crippen molar-refractivity contribution in [3.05, 3.63) is 73.0 Å². The van der Waals surface area contributed by atoms with Crippen molar-refractivity contribution in [1.82, 2.24) is 0 Å². The van der Waals surface area contributed by atoms with Crippen molar-refractivity contribution < 1.29 is 9.53 Å². The van der Waals surface area contributed by atoms with Gasteiger partial charge in [-0.3, -0.25) is 0 Å². The van der Waals surface area contributed by atoms with Crippen molar-refractivity contribution >= 4 is 16.7 Å². The predicted octanol–water partition coefficient (Wildman–Crippen LogP) is 3.70. The van der Waals surface area contributed by atoms with Crippen molar-refractivity contribution in [1.29, 1.82) is 0 Å². The number of allylic oxidation sites excluding steroid dienone is 2. The largest absolute Gasteiger partial charge is 0.431 e. The number of rotatable bonds is 3. The highest BCUT2D eigenvalue weighted by Crippen LogP contribution is 2.19. The molecule has 0 heterocycles. The van der Waals surface area contributed by atoms with E-state index in [9.17, 15) is 4.79 Å². The van der Waals surface area contributed by atoms with Gasteiger partial charge in [-0.25, -0.2) is 4.79 Å². The maximum Gasteiger partial charge on any atom is 0.343 e. The molecule has 84 valence electrons. The molecule has 2 aromatic rings. The number of esters is 1. The zero-order valence-corrected chi connectivity index (χ0v) is 9.30. The van der Waals surface area contributed by atoms with Gasteiger partial charge in [0, 0.05) is 0 Å². The summed E-state index contributed by atoms with van der Waals surface area (Å²) in [6.07, 6.45) is 4.45.